The average Bonchev–Trinajstić information content (AvgIpc) is 4.10. The Morgan fingerprint density at radius 1 is 0.810 bits per heavy atom. The van der Waals surface area contributed by atoms with Crippen LogP contribution in [0.5, 0.6) is 0 Å². The summed E-state index contributed by atoms with van der Waals surface area (Å²) in [5, 5.41) is 12.0. The maximum Gasteiger partial charge on any atom is 0.379 e. The van der Waals surface area contributed by atoms with Crippen molar-refractivity contribution in [1.29, 1.82) is 0 Å². The van der Waals surface area contributed by atoms with E-state index in [1.165, 1.54) is 54.9 Å². The number of fused-ring (bicyclic) bond motifs is 2. The molecular formula is C71H79F3N8S2. The minimum Gasteiger partial charge on any atom is -0.381 e. The lowest BCUT2D eigenvalue weighted by Gasteiger charge is -2.41. The molecule has 0 radical (unpaired) electrons. The third-order valence-electron chi connectivity index (χ3n) is 16.3. The van der Waals surface area contributed by atoms with Crippen LogP contribution in [0.2, 0.25) is 0 Å². The summed E-state index contributed by atoms with van der Waals surface area (Å²) < 4.78 is 30.2. The molecule has 4 atom stereocenters. The first-order valence-corrected chi connectivity index (χ1v) is 30.7. The monoisotopic (exact) mass is 1160 g/mol. The van der Waals surface area contributed by atoms with Crippen molar-refractivity contribution in [2.75, 3.05) is 23.3 Å². The first-order chi connectivity index (χ1) is 40.2. The SMILES string of the molecule is C=Cc1nc(N2CCc3cccc(C(=C)Nc4nc5ccccc5s4)c3C2)ccc1-c1cccc(Cc2ccc(CC(C)CC(=C)NC(C(=C)N3CCCC3C(=C)NC(C)c3ccc(-c4scnc4C)cc3)C(C)(C)C)cc2)c1C.FC(F)F. The number of likely N-dealkylation sites (tertiary alicyclic amines) is 1. The summed E-state index contributed by atoms with van der Waals surface area (Å²) in [5.41, 5.74) is 22.5. The zero-order valence-corrected chi connectivity index (χ0v) is 51.3. The number of anilines is 2. The summed E-state index contributed by atoms with van der Waals surface area (Å²) in [5.74, 6) is 1.35. The lowest BCUT2D eigenvalue weighted by atomic mass is 9.83. The number of benzene rings is 5. The van der Waals surface area contributed by atoms with Gasteiger partial charge in [0.1, 0.15) is 5.82 Å². The van der Waals surface area contributed by atoms with Crippen LogP contribution in [-0.2, 0) is 25.8 Å². The predicted molar refractivity (Wildman–Crippen MR) is 349 cm³/mol. The van der Waals surface area contributed by atoms with Gasteiger partial charge in [0, 0.05) is 59.6 Å². The van der Waals surface area contributed by atoms with Crippen molar-refractivity contribution in [3.05, 3.63) is 233 Å². The van der Waals surface area contributed by atoms with E-state index in [0.717, 1.165) is 125 Å². The van der Waals surface area contributed by atoms with Gasteiger partial charge in [-0.2, -0.15) is 13.2 Å². The number of aromatic nitrogens is 3. The number of nitrogens with one attached hydrogen (secondary N) is 3. The first-order valence-electron chi connectivity index (χ1n) is 29.0. The highest BCUT2D eigenvalue weighted by molar-refractivity contribution is 7.22. The molecule has 8 nitrogen and oxygen atoms in total. The van der Waals surface area contributed by atoms with Crippen LogP contribution in [0.25, 0.3) is 43.6 Å². The summed E-state index contributed by atoms with van der Waals surface area (Å²) in [6.45, 7) is 37.4. The number of aryl methyl sites for hydroxylation is 1. The number of pyridine rings is 1. The van der Waals surface area contributed by atoms with Gasteiger partial charge in [0.2, 0.25) is 0 Å². The highest BCUT2D eigenvalue weighted by Gasteiger charge is 2.36. The molecule has 13 heteroatoms. The smallest absolute Gasteiger partial charge is 0.379 e. The molecule has 0 spiro atoms. The molecule has 0 saturated carbocycles. The van der Waals surface area contributed by atoms with Crippen LogP contribution in [0.1, 0.15) is 116 Å². The van der Waals surface area contributed by atoms with Gasteiger partial charge in [0.15, 0.2) is 5.13 Å². The Hall–Kier alpha value is -7.74. The minimum absolute atomic E-state index is 0.0236. The second-order valence-electron chi connectivity index (χ2n) is 23.5. The summed E-state index contributed by atoms with van der Waals surface area (Å²) in [7, 11) is 0. The molecule has 0 aliphatic carbocycles. The molecule has 0 amide bonds. The molecule has 8 aromatic rings. The summed E-state index contributed by atoms with van der Waals surface area (Å²) in [4.78, 5) is 20.6. The Labute approximate surface area is 503 Å². The van der Waals surface area contributed by atoms with Crippen LogP contribution in [0.4, 0.5) is 24.1 Å². The molecular weight excluding hydrogens is 1090 g/mol. The fourth-order valence-corrected chi connectivity index (χ4v) is 13.6. The number of allylic oxidation sites excluding steroid dienone is 1. The number of alkyl halides is 3. The topological polar surface area (TPSA) is 81.2 Å². The minimum atomic E-state index is -3.67. The second kappa shape index (κ2) is 26.9. The molecule has 3 N–H and O–H groups in total. The van der Waals surface area contributed by atoms with E-state index in [1.54, 1.807) is 22.7 Å². The molecule has 4 unspecified atom stereocenters. The average molecular weight is 1170 g/mol. The molecule has 5 heterocycles. The third kappa shape index (κ3) is 14.6. The Bertz CT molecular complexity index is 3610. The van der Waals surface area contributed by atoms with Crippen molar-refractivity contribution in [3.8, 4) is 21.6 Å². The number of hydrogen-bond acceptors (Lipinski definition) is 10. The van der Waals surface area contributed by atoms with E-state index in [9.17, 15) is 13.2 Å². The van der Waals surface area contributed by atoms with Gasteiger partial charge in [0.25, 0.3) is 0 Å². The Morgan fingerprint density at radius 3 is 2.24 bits per heavy atom. The molecule has 2 aliphatic heterocycles. The van der Waals surface area contributed by atoms with Crippen LogP contribution < -0.4 is 20.9 Å². The van der Waals surface area contributed by atoms with E-state index in [1.807, 2.05) is 23.7 Å². The van der Waals surface area contributed by atoms with E-state index in [0.29, 0.717) is 5.92 Å². The van der Waals surface area contributed by atoms with Gasteiger partial charge < -0.3 is 25.8 Å². The molecule has 2 aliphatic rings. The molecule has 84 heavy (non-hydrogen) atoms. The number of para-hydroxylation sites is 1. The Morgan fingerprint density at radius 2 is 1.54 bits per heavy atom. The number of rotatable bonds is 21. The lowest BCUT2D eigenvalue weighted by molar-refractivity contribution is 0.00818. The van der Waals surface area contributed by atoms with E-state index < -0.39 is 6.68 Å². The van der Waals surface area contributed by atoms with Crippen LogP contribution >= 0.6 is 22.7 Å². The standard InChI is InChI=1S/C70H78N8S2.CHF3/c1-13-62-60(34-35-66(75-62)77-38-36-55-19-16-22-59(61(55)42-77)48(6)74-69-76-63-23-14-15-25-65(63)80-69)58-21-17-20-57(46(58)4)41-53-28-26-52(27-29-53)40-44(2)39-45(3)72-68(70(10,11)12)51(9)78-37-18-24-64(78)49(7)73-47(5)54-30-32-56(33-31-54)67-50(8)71-43-79-67;2-1(3)4/h13-17,19-23,25-35,43-44,47,64,68,72-73H,1,3,6-7,9,18,24,36-42H2,2,4-5,8,10-12H3,(H,74,76);1H. The van der Waals surface area contributed by atoms with Crippen molar-refractivity contribution in [3.63, 3.8) is 0 Å². The Balaban J connectivity index is 0.00000205. The first kappa shape index (κ1) is 60.8. The van der Waals surface area contributed by atoms with E-state index in [4.69, 9.17) is 16.5 Å². The van der Waals surface area contributed by atoms with Crippen molar-refractivity contribution < 1.29 is 13.2 Å². The van der Waals surface area contributed by atoms with E-state index in [-0.39, 0.29) is 23.5 Å². The van der Waals surface area contributed by atoms with Gasteiger partial charge in [-0.3, -0.25) is 0 Å². The molecule has 5 aromatic carbocycles. The zero-order chi connectivity index (χ0) is 59.8. The number of thiazole rings is 2. The normalized spacial score (nSPS) is 15.2. The van der Waals surface area contributed by atoms with Crippen molar-refractivity contribution in [1.82, 2.24) is 30.5 Å². The van der Waals surface area contributed by atoms with Gasteiger partial charge in [-0.05, 0) is 151 Å². The predicted octanol–water partition coefficient (Wildman–Crippen LogP) is 18.1. The fraction of sp³-hybridized carbons (Fsp3) is 0.310. The van der Waals surface area contributed by atoms with Crippen molar-refractivity contribution in [2.24, 2.45) is 11.3 Å². The molecule has 436 valence electrons. The van der Waals surface area contributed by atoms with Crippen molar-refractivity contribution in [2.45, 2.75) is 118 Å². The third-order valence-corrected chi connectivity index (χ3v) is 18.2. The number of nitrogens with zero attached hydrogens (tertiary/aromatic N) is 5. The molecule has 3 aromatic heterocycles. The Kier molecular flexibility index (Phi) is 19.5. The maximum atomic E-state index is 9.67. The van der Waals surface area contributed by atoms with Gasteiger partial charge in [-0.25, -0.2) is 15.0 Å². The molecule has 1 fully saturated rings. The lowest BCUT2D eigenvalue weighted by Crippen LogP contribution is -2.48. The van der Waals surface area contributed by atoms with Gasteiger partial charge >= 0.3 is 6.68 Å². The number of hydrogen-bond donors (Lipinski definition) is 3. The summed E-state index contributed by atoms with van der Waals surface area (Å²) in [6.07, 6.45) is 7.67. The van der Waals surface area contributed by atoms with Gasteiger partial charge in [-0.1, -0.05) is 169 Å². The van der Waals surface area contributed by atoms with Crippen LogP contribution in [0, 0.1) is 25.2 Å². The second-order valence-corrected chi connectivity index (χ2v) is 25.4. The molecule has 0 bridgehead atoms. The molecule has 10 rings (SSSR count). The van der Waals surface area contributed by atoms with E-state index >= 15 is 0 Å². The quantitative estimate of drug-likeness (QED) is 0.0657. The molecule has 1 saturated heterocycles. The van der Waals surface area contributed by atoms with Crippen LogP contribution in [0.3, 0.4) is 0 Å². The van der Waals surface area contributed by atoms with Crippen LogP contribution in [0.15, 0.2) is 177 Å². The van der Waals surface area contributed by atoms with Gasteiger partial charge in [-0.15, -0.1) is 11.3 Å². The highest BCUT2D eigenvalue weighted by Crippen LogP contribution is 2.38. The highest BCUT2D eigenvalue weighted by atomic mass is 32.1. The number of halogens is 3. The summed E-state index contributed by atoms with van der Waals surface area (Å²) in [6, 6.07) is 44.2. The van der Waals surface area contributed by atoms with Gasteiger partial charge in [0.05, 0.1) is 44.1 Å². The fourth-order valence-electron chi connectivity index (χ4n) is 11.9. The van der Waals surface area contributed by atoms with Crippen LogP contribution in [-0.4, -0.2) is 51.7 Å². The maximum absolute atomic E-state index is 9.67. The summed E-state index contributed by atoms with van der Waals surface area (Å²) >= 11 is 3.34. The van der Waals surface area contributed by atoms with Crippen molar-refractivity contribution >= 4 is 55.6 Å². The van der Waals surface area contributed by atoms with E-state index in [2.05, 4.69) is 215 Å². The zero-order valence-electron chi connectivity index (χ0n) is 49.7. The largest absolute Gasteiger partial charge is 0.381 e.